The molecule has 0 amide bonds. The first-order chi connectivity index (χ1) is 5.25. The molecule has 0 bridgehead atoms. The van der Waals surface area contributed by atoms with Crippen molar-refractivity contribution in [2.45, 2.75) is 39.5 Å². The number of rotatable bonds is 3. The molecule has 0 N–H and O–H groups in total. The van der Waals surface area contributed by atoms with E-state index in [0.717, 1.165) is 0 Å². The van der Waals surface area contributed by atoms with Gasteiger partial charge in [0.05, 0.1) is 0 Å². The van der Waals surface area contributed by atoms with E-state index in [2.05, 4.69) is 19.9 Å². The standard InChI is InChI=1S/C10H15.Zr/c1-3-4-7-10-8-5-6-9(10)2;/h6H,3-5,7H2,1-2H3;. The van der Waals surface area contributed by atoms with Crippen LogP contribution in [0.1, 0.15) is 39.5 Å². The van der Waals surface area contributed by atoms with Gasteiger partial charge in [0.1, 0.15) is 0 Å². The molecule has 1 aliphatic carbocycles. The predicted molar refractivity (Wildman–Crippen MR) is 44.9 cm³/mol. The zero-order valence-corrected chi connectivity index (χ0v) is 9.86. The molecule has 0 aromatic heterocycles. The van der Waals surface area contributed by atoms with Gasteiger partial charge in [0.15, 0.2) is 0 Å². The molecule has 0 radical (unpaired) electrons. The summed E-state index contributed by atoms with van der Waals surface area (Å²) in [5, 5.41) is 0. The predicted octanol–water partition coefficient (Wildman–Crippen LogP) is 3.33. The molecular formula is C10H15Zr. The second-order valence-electron chi connectivity index (χ2n) is 3.15. The van der Waals surface area contributed by atoms with Crippen molar-refractivity contribution < 1.29 is 24.7 Å². The number of allylic oxidation sites excluding steroid dienone is 4. The van der Waals surface area contributed by atoms with Gasteiger partial charge in [0, 0.05) is 0 Å². The van der Waals surface area contributed by atoms with E-state index in [-0.39, 0.29) is 0 Å². The second kappa shape index (κ2) is 4.40. The Morgan fingerprint density at radius 1 is 1.55 bits per heavy atom. The van der Waals surface area contributed by atoms with Crippen molar-refractivity contribution in [3.8, 4) is 0 Å². The van der Waals surface area contributed by atoms with Gasteiger partial charge in [-0.15, -0.1) is 0 Å². The topological polar surface area (TPSA) is 0 Å². The number of hydrogen-bond acceptors (Lipinski definition) is 0. The Morgan fingerprint density at radius 2 is 2.27 bits per heavy atom. The average Bonchev–Trinajstić information content (AvgIpc) is 2.29. The van der Waals surface area contributed by atoms with E-state index in [4.69, 9.17) is 0 Å². The van der Waals surface area contributed by atoms with E-state index >= 15 is 0 Å². The van der Waals surface area contributed by atoms with Gasteiger partial charge in [-0.2, -0.15) is 0 Å². The molecule has 59 valence electrons. The van der Waals surface area contributed by atoms with E-state index < -0.39 is 0 Å². The maximum atomic E-state index is 2.37. The zero-order valence-electron chi connectivity index (χ0n) is 7.41. The minimum atomic E-state index is 1.24. The first kappa shape index (κ1) is 9.45. The third kappa shape index (κ3) is 2.40. The summed E-state index contributed by atoms with van der Waals surface area (Å²) in [5.74, 6) is 0. The Balaban J connectivity index is 2.54. The summed E-state index contributed by atoms with van der Waals surface area (Å²) in [6.07, 6.45) is 7.61. The third-order valence-electron chi connectivity index (χ3n) is 2.23. The Kier molecular flexibility index (Phi) is 3.78. The molecular weight excluding hydrogens is 211 g/mol. The van der Waals surface area contributed by atoms with Crippen molar-refractivity contribution in [3.63, 3.8) is 0 Å². The van der Waals surface area contributed by atoms with Gasteiger partial charge in [-0.3, -0.25) is 0 Å². The van der Waals surface area contributed by atoms with Crippen LogP contribution >= 0.6 is 0 Å². The van der Waals surface area contributed by atoms with Crippen molar-refractivity contribution in [1.29, 1.82) is 0 Å². The van der Waals surface area contributed by atoms with Crippen molar-refractivity contribution in [3.05, 3.63) is 20.5 Å². The van der Waals surface area contributed by atoms with Crippen molar-refractivity contribution in [2.75, 3.05) is 0 Å². The van der Waals surface area contributed by atoms with Crippen LogP contribution in [0, 0.1) is 0 Å². The summed E-state index contributed by atoms with van der Waals surface area (Å²) in [6, 6.07) is 0. The molecule has 1 heteroatoms. The molecule has 0 saturated heterocycles. The molecule has 1 rings (SSSR count). The fourth-order valence-corrected chi connectivity index (χ4v) is 2.48. The molecule has 1 aliphatic rings. The average molecular weight is 226 g/mol. The molecule has 11 heavy (non-hydrogen) atoms. The number of unbranched alkanes of at least 4 members (excludes halogenated alkanes) is 1. The summed E-state index contributed by atoms with van der Waals surface area (Å²) in [6.45, 7) is 4.51. The van der Waals surface area contributed by atoms with E-state index in [0.29, 0.717) is 0 Å². The van der Waals surface area contributed by atoms with Gasteiger partial charge in [-0.05, 0) is 0 Å². The number of hydrogen-bond donors (Lipinski definition) is 0. The van der Waals surface area contributed by atoms with Crippen molar-refractivity contribution in [1.82, 2.24) is 0 Å². The molecule has 0 aromatic carbocycles. The Morgan fingerprint density at radius 3 is 2.73 bits per heavy atom. The molecule has 0 unspecified atom stereocenters. The quantitative estimate of drug-likeness (QED) is 0.692. The van der Waals surface area contributed by atoms with E-state index in [1.54, 1.807) is 39.1 Å². The Hall–Kier alpha value is 0.363. The van der Waals surface area contributed by atoms with Crippen LogP contribution in [-0.2, 0) is 24.7 Å². The third-order valence-corrected chi connectivity index (χ3v) is 3.48. The van der Waals surface area contributed by atoms with Crippen LogP contribution in [0.2, 0.25) is 0 Å². The molecule has 0 heterocycles. The summed E-state index contributed by atoms with van der Waals surface area (Å²) < 4.78 is 1.68. The van der Waals surface area contributed by atoms with Gasteiger partial charge in [0.25, 0.3) is 0 Å². The normalized spacial score (nSPS) is 17.4. The van der Waals surface area contributed by atoms with Crippen LogP contribution in [0.25, 0.3) is 0 Å². The molecule has 0 aromatic rings. The fraction of sp³-hybridized carbons (Fsp3) is 0.600. The molecule has 0 fully saturated rings. The summed E-state index contributed by atoms with van der Waals surface area (Å²) in [4.78, 5) is 0. The Bertz CT molecular complexity index is 199. The van der Waals surface area contributed by atoms with Crippen molar-refractivity contribution >= 4 is 0 Å². The maximum absolute atomic E-state index is 2.37. The van der Waals surface area contributed by atoms with Gasteiger partial charge in [-0.1, -0.05) is 0 Å². The molecule has 0 atom stereocenters. The van der Waals surface area contributed by atoms with E-state index in [9.17, 15) is 0 Å². The molecule has 0 nitrogen and oxygen atoms in total. The second-order valence-corrected chi connectivity index (χ2v) is 4.64. The first-order valence-electron chi connectivity index (χ1n) is 4.36. The van der Waals surface area contributed by atoms with Crippen LogP contribution in [0.4, 0.5) is 0 Å². The van der Waals surface area contributed by atoms with Crippen LogP contribution < -0.4 is 0 Å². The van der Waals surface area contributed by atoms with E-state index in [1.807, 2.05) is 0 Å². The van der Waals surface area contributed by atoms with Gasteiger partial charge < -0.3 is 0 Å². The first-order valence-corrected chi connectivity index (χ1v) is 5.59. The molecule has 0 aliphatic heterocycles. The fourth-order valence-electron chi connectivity index (χ4n) is 1.44. The van der Waals surface area contributed by atoms with Crippen LogP contribution in [0.3, 0.4) is 0 Å². The zero-order chi connectivity index (χ0) is 8.27. The summed E-state index contributed by atoms with van der Waals surface area (Å²) in [7, 11) is 0. The van der Waals surface area contributed by atoms with E-state index in [1.165, 1.54) is 25.7 Å². The minimum absolute atomic E-state index is 1.24. The van der Waals surface area contributed by atoms with Crippen molar-refractivity contribution in [2.24, 2.45) is 0 Å². The Labute approximate surface area is 84.6 Å². The van der Waals surface area contributed by atoms with Gasteiger partial charge in [0.2, 0.25) is 0 Å². The summed E-state index contributed by atoms with van der Waals surface area (Å²) in [5.41, 5.74) is 3.22. The van der Waals surface area contributed by atoms with Crippen LogP contribution in [-0.4, -0.2) is 0 Å². The van der Waals surface area contributed by atoms with Gasteiger partial charge >= 0.3 is 84.8 Å². The molecule has 0 spiro atoms. The van der Waals surface area contributed by atoms with Gasteiger partial charge in [-0.25, -0.2) is 0 Å². The monoisotopic (exact) mass is 225 g/mol. The SMILES string of the molecule is CCCCC1=[C]([Zr])CC=C1C. The van der Waals surface area contributed by atoms with Crippen LogP contribution in [0.5, 0.6) is 0 Å². The molecule has 0 saturated carbocycles. The summed E-state index contributed by atoms with van der Waals surface area (Å²) >= 11 is 1.62. The van der Waals surface area contributed by atoms with Crippen LogP contribution in [0.15, 0.2) is 20.5 Å².